The maximum absolute atomic E-state index is 12.5. The number of nitrogens with zero attached hydrogens (tertiary/aromatic N) is 3. The fourth-order valence-electron chi connectivity index (χ4n) is 1.34. The van der Waals surface area contributed by atoms with Crippen molar-refractivity contribution in [2.45, 2.75) is 13.5 Å². The van der Waals surface area contributed by atoms with Gasteiger partial charge in [0.15, 0.2) is 0 Å². The van der Waals surface area contributed by atoms with Crippen LogP contribution in [0.2, 0.25) is 0 Å². The number of aryl methyl sites for hydroxylation is 1. The van der Waals surface area contributed by atoms with E-state index in [0.717, 1.165) is 18.0 Å². The van der Waals surface area contributed by atoms with E-state index in [1.807, 2.05) is 0 Å². The molecule has 0 atom stereocenters. The smallest absolute Gasteiger partial charge is 0.269 e. The van der Waals surface area contributed by atoms with Gasteiger partial charge in [-0.3, -0.25) is 9.36 Å². The highest BCUT2D eigenvalue weighted by Gasteiger charge is 2.09. The molecule has 2 heterocycles. The number of pyridine rings is 1. The third-order valence-electron chi connectivity index (χ3n) is 2.12. The van der Waals surface area contributed by atoms with E-state index < -0.39 is 12.1 Å². The molecule has 0 spiro atoms. The SMILES string of the molecule is Cc1ccn(-c2ccc(=O)n(C(F)F)c2)n1. The molecule has 0 saturated heterocycles. The first-order valence-electron chi connectivity index (χ1n) is 4.61. The minimum Gasteiger partial charge on any atom is -0.269 e. The van der Waals surface area contributed by atoms with Crippen molar-refractivity contribution in [1.29, 1.82) is 0 Å². The average molecular weight is 225 g/mol. The first-order chi connectivity index (χ1) is 7.58. The maximum atomic E-state index is 12.5. The highest BCUT2D eigenvalue weighted by Crippen LogP contribution is 2.10. The van der Waals surface area contributed by atoms with Gasteiger partial charge in [-0.15, -0.1) is 0 Å². The Labute approximate surface area is 89.7 Å². The summed E-state index contributed by atoms with van der Waals surface area (Å²) in [5.41, 5.74) is 0.463. The van der Waals surface area contributed by atoms with E-state index >= 15 is 0 Å². The van der Waals surface area contributed by atoms with Gasteiger partial charge in [-0.05, 0) is 19.1 Å². The molecular weight excluding hydrogens is 216 g/mol. The molecule has 84 valence electrons. The van der Waals surface area contributed by atoms with Crippen molar-refractivity contribution in [3.63, 3.8) is 0 Å². The van der Waals surface area contributed by atoms with Crippen LogP contribution in [0, 0.1) is 6.92 Å². The topological polar surface area (TPSA) is 39.8 Å². The van der Waals surface area contributed by atoms with Gasteiger partial charge in [-0.1, -0.05) is 0 Å². The molecule has 6 heteroatoms. The van der Waals surface area contributed by atoms with Crippen LogP contribution in [0.5, 0.6) is 0 Å². The second kappa shape index (κ2) is 3.88. The lowest BCUT2D eigenvalue weighted by atomic mass is 10.4. The first kappa shape index (κ1) is 10.5. The Bertz CT molecular complexity index is 559. The second-order valence-electron chi connectivity index (χ2n) is 3.31. The van der Waals surface area contributed by atoms with Gasteiger partial charge in [0.25, 0.3) is 5.56 Å². The highest BCUT2D eigenvalue weighted by atomic mass is 19.3. The van der Waals surface area contributed by atoms with Gasteiger partial charge in [-0.2, -0.15) is 13.9 Å². The molecule has 0 fully saturated rings. The largest absolute Gasteiger partial charge is 0.321 e. The zero-order valence-electron chi connectivity index (χ0n) is 8.47. The lowest BCUT2D eigenvalue weighted by Crippen LogP contribution is -2.20. The highest BCUT2D eigenvalue weighted by molar-refractivity contribution is 5.27. The van der Waals surface area contributed by atoms with Crippen molar-refractivity contribution in [3.05, 3.63) is 46.6 Å². The second-order valence-corrected chi connectivity index (χ2v) is 3.31. The number of hydrogen-bond donors (Lipinski definition) is 0. The van der Waals surface area contributed by atoms with E-state index in [-0.39, 0.29) is 0 Å². The van der Waals surface area contributed by atoms with Crippen molar-refractivity contribution >= 4 is 0 Å². The summed E-state index contributed by atoms with van der Waals surface area (Å²) in [6.45, 7) is -1.05. The summed E-state index contributed by atoms with van der Waals surface area (Å²) in [6, 6.07) is 4.30. The molecule has 0 aliphatic carbocycles. The molecule has 0 aliphatic rings. The zero-order valence-corrected chi connectivity index (χ0v) is 8.47. The normalized spacial score (nSPS) is 11.0. The van der Waals surface area contributed by atoms with Crippen molar-refractivity contribution in [2.75, 3.05) is 0 Å². The van der Waals surface area contributed by atoms with Gasteiger partial charge in [0, 0.05) is 18.5 Å². The predicted molar refractivity (Wildman–Crippen MR) is 53.8 cm³/mol. The summed E-state index contributed by atoms with van der Waals surface area (Å²) in [5, 5.41) is 4.07. The minimum atomic E-state index is -2.84. The minimum absolute atomic E-state index is 0.367. The lowest BCUT2D eigenvalue weighted by molar-refractivity contribution is 0.0663. The number of aromatic nitrogens is 3. The summed E-state index contributed by atoms with van der Waals surface area (Å²) in [4.78, 5) is 11.1. The van der Waals surface area contributed by atoms with E-state index in [1.165, 1.54) is 10.7 Å². The third-order valence-corrected chi connectivity index (χ3v) is 2.12. The molecule has 0 amide bonds. The van der Waals surface area contributed by atoms with Crippen molar-refractivity contribution < 1.29 is 8.78 Å². The first-order valence-corrected chi connectivity index (χ1v) is 4.61. The molecular formula is C10H9F2N3O. The van der Waals surface area contributed by atoms with Gasteiger partial charge in [-0.25, -0.2) is 4.68 Å². The van der Waals surface area contributed by atoms with Crippen molar-refractivity contribution in [3.8, 4) is 5.69 Å². The lowest BCUT2D eigenvalue weighted by Gasteiger charge is -2.06. The van der Waals surface area contributed by atoms with Gasteiger partial charge >= 0.3 is 6.55 Å². The van der Waals surface area contributed by atoms with E-state index in [2.05, 4.69) is 5.10 Å². The molecule has 0 saturated carbocycles. The van der Waals surface area contributed by atoms with Crippen LogP contribution in [-0.2, 0) is 0 Å². The summed E-state index contributed by atoms with van der Waals surface area (Å²) < 4.78 is 26.7. The van der Waals surface area contributed by atoms with Gasteiger partial charge in [0.05, 0.1) is 11.4 Å². The van der Waals surface area contributed by atoms with Crippen LogP contribution in [0.3, 0.4) is 0 Å². The molecule has 0 aliphatic heterocycles. The van der Waals surface area contributed by atoms with Crippen LogP contribution in [0.1, 0.15) is 12.2 Å². The molecule has 16 heavy (non-hydrogen) atoms. The number of rotatable bonds is 2. The Morgan fingerprint density at radius 1 is 1.31 bits per heavy atom. The van der Waals surface area contributed by atoms with Crippen LogP contribution in [0.15, 0.2) is 35.4 Å². The summed E-state index contributed by atoms with van der Waals surface area (Å²) in [6.07, 6.45) is 2.73. The Kier molecular flexibility index (Phi) is 2.55. The number of hydrogen-bond acceptors (Lipinski definition) is 2. The molecule has 2 aromatic rings. The van der Waals surface area contributed by atoms with Crippen LogP contribution in [0.25, 0.3) is 5.69 Å². The molecule has 2 rings (SSSR count). The Balaban J connectivity index is 2.51. The fourth-order valence-corrected chi connectivity index (χ4v) is 1.34. The third kappa shape index (κ3) is 1.86. The quantitative estimate of drug-likeness (QED) is 0.780. The average Bonchev–Trinajstić information content (AvgIpc) is 2.65. The molecule has 0 N–H and O–H groups in total. The Morgan fingerprint density at radius 3 is 2.62 bits per heavy atom. The molecule has 0 unspecified atom stereocenters. The van der Waals surface area contributed by atoms with Gasteiger partial charge in [0.2, 0.25) is 0 Å². The van der Waals surface area contributed by atoms with Crippen molar-refractivity contribution in [2.24, 2.45) is 0 Å². The van der Waals surface area contributed by atoms with E-state index in [9.17, 15) is 13.6 Å². The van der Waals surface area contributed by atoms with Gasteiger partial charge < -0.3 is 0 Å². The zero-order chi connectivity index (χ0) is 11.7. The van der Waals surface area contributed by atoms with E-state index in [4.69, 9.17) is 0 Å². The van der Waals surface area contributed by atoms with Crippen LogP contribution >= 0.6 is 0 Å². The number of alkyl halides is 2. The molecule has 0 radical (unpaired) electrons. The van der Waals surface area contributed by atoms with Crippen LogP contribution < -0.4 is 5.56 Å². The summed E-state index contributed by atoms with van der Waals surface area (Å²) in [5.74, 6) is 0. The fraction of sp³-hybridized carbons (Fsp3) is 0.200. The van der Waals surface area contributed by atoms with Crippen molar-refractivity contribution in [1.82, 2.24) is 14.3 Å². The molecule has 0 aromatic carbocycles. The summed E-state index contributed by atoms with van der Waals surface area (Å²) in [7, 11) is 0. The standard InChI is InChI=1S/C10H9F2N3O/c1-7-4-5-15(13-7)8-2-3-9(16)14(6-8)10(11)12/h2-6,10H,1H3. The maximum Gasteiger partial charge on any atom is 0.321 e. The molecule has 4 nitrogen and oxygen atoms in total. The monoisotopic (exact) mass is 225 g/mol. The Hall–Kier alpha value is -1.98. The molecule has 0 bridgehead atoms. The Morgan fingerprint density at radius 2 is 2.06 bits per heavy atom. The van der Waals surface area contributed by atoms with E-state index in [0.29, 0.717) is 10.3 Å². The van der Waals surface area contributed by atoms with Crippen LogP contribution in [0.4, 0.5) is 8.78 Å². The van der Waals surface area contributed by atoms with Crippen LogP contribution in [-0.4, -0.2) is 14.3 Å². The number of halogens is 2. The van der Waals surface area contributed by atoms with E-state index in [1.54, 1.807) is 19.2 Å². The predicted octanol–water partition coefficient (Wildman–Crippen LogP) is 1.74. The van der Waals surface area contributed by atoms with Gasteiger partial charge in [0.1, 0.15) is 0 Å². The summed E-state index contributed by atoms with van der Waals surface area (Å²) >= 11 is 0. The molecule has 2 aromatic heterocycles.